The number of ether oxygens (including phenoxy) is 1. The van der Waals surface area contributed by atoms with E-state index in [1.165, 1.54) is 18.3 Å². The number of nitrogens with zero attached hydrogens (tertiary/aromatic N) is 3. The van der Waals surface area contributed by atoms with E-state index in [9.17, 15) is 9.18 Å². The molecular formula is C26H25ClFN5O3. The summed E-state index contributed by atoms with van der Waals surface area (Å²) in [6, 6.07) is 9.78. The van der Waals surface area contributed by atoms with Crippen LogP contribution in [0.25, 0.3) is 22.3 Å². The zero-order chi connectivity index (χ0) is 25.4. The molecule has 0 radical (unpaired) electrons. The van der Waals surface area contributed by atoms with E-state index in [-0.39, 0.29) is 23.9 Å². The first-order valence-electron chi connectivity index (χ1n) is 11.5. The average molecular weight is 510 g/mol. The highest BCUT2D eigenvalue weighted by Gasteiger charge is 2.29. The van der Waals surface area contributed by atoms with Gasteiger partial charge < -0.3 is 24.7 Å². The molecule has 10 heteroatoms. The van der Waals surface area contributed by atoms with E-state index in [1.54, 1.807) is 25.4 Å². The summed E-state index contributed by atoms with van der Waals surface area (Å²) in [6.07, 6.45) is 2.67. The highest BCUT2D eigenvalue weighted by atomic mass is 35.5. The molecule has 0 spiro atoms. The van der Waals surface area contributed by atoms with Crippen molar-refractivity contribution in [1.82, 2.24) is 15.3 Å². The molecule has 2 atom stereocenters. The highest BCUT2D eigenvalue weighted by molar-refractivity contribution is 6.29. The fraction of sp³-hybridized carbons (Fsp3) is 0.269. The Labute approximate surface area is 212 Å². The normalized spacial score (nSPS) is 17.5. The van der Waals surface area contributed by atoms with Crippen LogP contribution in [0.3, 0.4) is 0 Å². The van der Waals surface area contributed by atoms with Gasteiger partial charge in [0.05, 0.1) is 30.2 Å². The molecule has 0 aliphatic carbocycles. The van der Waals surface area contributed by atoms with Gasteiger partial charge in [-0.05, 0) is 37.3 Å². The highest BCUT2D eigenvalue weighted by Crippen LogP contribution is 2.41. The monoisotopic (exact) mass is 509 g/mol. The number of carbonyl (C=O) groups is 1. The number of hydrogen-bond acceptors (Lipinski definition) is 7. The molecule has 1 aliphatic rings. The van der Waals surface area contributed by atoms with Gasteiger partial charge in [0.1, 0.15) is 28.1 Å². The standard InChI is InChI=1S/C26H25ClFN5O3/c1-14-18-8-19-21(36-25(24(19)26(34)29-2)15-4-6-16(28)7-5-15)9-20(18)33(3)13-17(35-14)10-31-23-12-30-22(27)11-32-23/h4-9,11-12,14,17H,10,13H2,1-3H3,(H,29,34)(H,31,32)/t14-,17+/m0/s1. The minimum absolute atomic E-state index is 0.144. The Balaban J connectivity index is 1.49. The van der Waals surface area contributed by atoms with Crippen molar-refractivity contribution in [2.75, 3.05) is 37.4 Å². The van der Waals surface area contributed by atoms with Crippen LogP contribution in [-0.4, -0.2) is 49.2 Å². The molecule has 0 saturated heterocycles. The number of furan rings is 1. The fourth-order valence-electron chi connectivity index (χ4n) is 4.50. The second kappa shape index (κ2) is 9.75. The molecular weight excluding hydrogens is 485 g/mol. The van der Waals surface area contributed by atoms with Crippen molar-refractivity contribution in [3.05, 3.63) is 70.9 Å². The summed E-state index contributed by atoms with van der Waals surface area (Å²) in [5.74, 6) is 0.366. The number of rotatable bonds is 5. The molecule has 0 saturated carbocycles. The van der Waals surface area contributed by atoms with Gasteiger partial charge in [0.25, 0.3) is 5.91 Å². The Bertz CT molecular complexity index is 1410. The first kappa shape index (κ1) is 24.0. The van der Waals surface area contributed by atoms with E-state index in [1.807, 2.05) is 26.1 Å². The molecule has 2 aromatic carbocycles. The Hall–Kier alpha value is -3.69. The summed E-state index contributed by atoms with van der Waals surface area (Å²) in [4.78, 5) is 23.3. The second-order valence-corrected chi connectivity index (χ2v) is 9.07. The van der Waals surface area contributed by atoms with Crippen molar-refractivity contribution in [2.24, 2.45) is 0 Å². The topological polar surface area (TPSA) is 92.5 Å². The molecule has 5 rings (SSSR count). The number of anilines is 2. The molecule has 1 aliphatic heterocycles. The summed E-state index contributed by atoms with van der Waals surface area (Å²) in [6.45, 7) is 3.12. The van der Waals surface area contributed by atoms with E-state index in [4.69, 9.17) is 20.8 Å². The van der Waals surface area contributed by atoms with Crippen molar-refractivity contribution in [2.45, 2.75) is 19.1 Å². The molecule has 2 N–H and O–H groups in total. The zero-order valence-electron chi connectivity index (χ0n) is 20.0. The first-order valence-corrected chi connectivity index (χ1v) is 11.9. The molecule has 1 amide bonds. The minimum atomic E-state index is -0.359. The molecule has 2 aromatic heterocycles. The Morgan fingerprint density at radius 3 is 2.69 bits per heavy atom. The van der Waals surface area contributed by atoms with E-state index < -0.39 is 0 Å². The number of aromatic nitrogens is 2. The predicted molar refractivity (Wildman–Crippen MR) is 137 cm³/mol. The van der Waals surface area contributed by atoms with Gasteiger partial charge in [-0.3, -0.25) is 4.79 Å². The van der Waals surface area contributed by atoms with Crippen LogP contribution >= 0.6 is 11.6 Å². The third kappa shape index (κ3) is 4.59. The number of carbonyl (C=O) groups excluding carboxylic acids is 1. The van der Waals surface area contributed by atoms with Crippen LogP contribution in [0.2, 0.25) is 5.15 Å². The lowest BCUT2D eigenvalue weighted by Gasteiger charge is -2.23. The van der Waals surface area contributed by atoms with Crippen LogP contribution in [0.1, 0.15) is 28.9 Å². The van der Waals surface area contributed by atoms with Crippen molar-refractivity contribution < 1.29 is 18.3 Å². The Kier molecular flexibility index (Phi) is 6.51. The summed E-state index contributed by atoms with van der Waals surface area (Å²) in [7, 11) is 3.56. The zero-order valence-corrected chi connectivity index (χ0v) is 20.8. The van der Waals surface area contributed by atoms with Crippen LogP contribution in [0, 0.1) is 5.82 Å². The van der Waals surface area contributed by atoms with Crippen LogP contribution in [-0.2, 0) is 4.74 Å². The number of hydrogen-bond donors (Lipinski definition) is 2. The lowest BCUT2D eigenvalue weighted by Crippen LogP contribution is -2.34. The number of likely N-dealkylation sites (N-methyl/N-ethyl adjacent to an activating group) is 1. The Morgan fingerprint density at radius 2 is 2.00 bits per heavy atom. The van der Waals surface area contributed by atoms with Gasteiger partial charge in [-0.25, -0.2) is 14.4 Å². The molecule has 4 aromatic rings. The second-order valence-electron chi connectivity index (χ2n) is 8.69. The molecule has 8 nitrogen and oxygen atoms in total. The van der Waals surface area contributed by atoms with Crippen molar-refractivity contribution in [3.8, 4) is 11.3 Å². The van der Waals surface area contributed by atoms with Gasteiger partial charge in [0.2, 0.25) is 0 Å². The largest absolute Gasteiger partial charge is 0.455 e. The maximum absolute atomic E-state index is 13.5. The predicted octanol–water partition coefficient (Wildman–Crippen LogP) is 5.05. The third-order valence-electron chi connectivity index (χ3n) is 6.25. The summed E-state index contributed by atoms with van der Waals surface area (Å²) < 4.78 is 26.1. The first-order chi connectivity index (χ1) is 17.3. The maximum atomic E-state index is 13.5. The quantitative estimate of drug-likeness (QED) is 0.389. The minimum Gasteiger partial charge on any atom is -0.455 e. The number of amides is 1. The SMILES string of the molecule is CNC(=O)c1c(-c2ccc(F)cc2)oc2cc3c(cc12)[C@H](C)O[C@H](CNc1cnc(Cl)cn1)CN3C. The smallest absolute Gasteiger partial charge is 0.255 e. The molecule has 186 valence electrons. The Morgan fingerprint density at radius 1 is 1.22 bits per heavy atom. The van der Waals surface area contributed by atoms with Crippen LogP contribution in [0.15, 0.2) is 53.2 Å². The lowest BCUT2D eigenvalue weighted by molar-refractivity contribution is 0.0134. The van der Waals surface area contributed by atoms with Gasteiger partial charge in [0.15, 0.2) is 0 Å². The number of fused-ring (bicyclic) bond motifs is 2. The number of halogens is 2. The summed E-state index contributed by atoms with van der Waals surface area (Å²) in [5, 5.41) is 6.94. The fourth-order valence-corrected chi connectivity index (χ4v) is 4.60. The molecule has 36 heavy (non-hydrogen) atoms. The number of benzene rings is 2. The van der Waals surface area contributed by atoms with Gasteiger partial charge in [-0.15, -0.1) is 0 Å². The van der Waals surface area contributed by atoms with Crippen LogP contribution in [0.5, 0.6) is 0 Å². The molecule has 0 fully saturated rings. The molecule has 0 bridgehead atoms. The summed E-state index contributed by atoms with van der Waals surface area (Å²) >= 11 is 5.82. The van der Waals surface area contributed by atoms with E-state index in [0.717, 1.165) is 11.3 Å². The molecule has 0 unspecified atom stereocenters. The number of nitrogens with one attached hydrogen (secondary N) is 2. The third-order valence-corrected chi connectivity index (χ3v) is 6.45. The van der Waals surface area contributed by atoms with Gasteiger partial charge >= 0.3 is 0 Å². The van der Waals surface area contributed by atoms with Crippen LogP contribution in [0.4, 0.5) is 15.9 Å². The van der Waals surface area contributed by atoms with Gasteiger partial charge in [0, 0.05) is 55.5 Å². The van der Waals surface area contributed by atoms with E-state index >= 15 is 0 Å². The van der Waals surface area contributed by atoms with Gasteiger partial charge in [-0.2, -0.15) is 0 Å². The van der Waals surface area contributed by atoms with Crippen molar-refractivity contribution in [3.63, 3.8) is 0 Å². The molecule has 3 heterocycles. The van der Waals surface area contributed by atoms with E-state index in [2.05, 4.69) is 25.5 Å². The van der Waals surface area contributed by atoms with Crippen molar-refractivity contribution in [1.29, 1.82) is 0 Å². The van der Waals surface area contributed by atoms with E-state index in [0.29, 0.717) is 51.9 Å². The maximum Gasteiger partial charge on any atom is 0.255 e. The van der Waals surface area contributed by atoms with Gasteiger partial charge in [-0.1, -0.05) is 11.6 Å². The average Bonchev–Trinajstić information content (AvgIpc) is 3.20. The van der Waals surface area contributed by atoms with Crippen molar-refractivity contribution >= 4 is 40.0 Å². The summed E-state index contributed by atoms with van der Waals surface area (Å²) in [5.41, 5.74) is 3.48. The lowest BCUT2D eigenvalue weighted by atomic mass is 10.00. The van der Waals surface area contributed by atoms with Crippen LogP contribution < -0.4 is 15.5 Å².